The minimum Gasteiger partial charge on any atom is -0.316 e. The normalized spacial score (nSPS) is 11.2. The molecule has 0 aromatic rings. The number of rotatable bonds is 7. The lowest BCUT2D eigenvalue weighted by molar-refractivity contribution is 0.318. The Kier molecular flexibility index (Phi) is 6.62. The van der Waals surface area contributed by atoms with Crippen molar-refractivity contribution in [1.82, 2.24) is 5.32 Å². The molecule has 76 valence electrons. The maximum absolute atomic E-state index is 8.47. The summed E-state index contributed by atoms with van der Waals surface area (Å²) in [5, 5.41) is 11.9. The minimum atomic E-state index is 0.267. The molecule has 0 saturated heterocycles. The van der Waals surface area contributed by atoms with E-state index in [1.54, 1.807) is 0 Å². The van der Waals surface area contributed by atoms with Crippen LogP contribution in [0, 0.1) is 16.7 Å². The molecule has 0 unspecified atom stereocenters. The van der Waals surface area contributed by atoms with Gasteiger partial charge in [-0.25, -0.2) is 0 Å². The van der Waals surface area contributed by atoms with E-state index in [1.807, 2.05) is 0 Å². The standard InChI is InChI=1S/C11H22N2/c1-4-5-9-13-10-11(2,3)7-6-8-12/h13H,4-7,9-10H2,1-3H3. The van der Waals surface area contributed by atoms with E-state index in [2.05, 4.69) is 32.2 Å². The second-order valence-electron chi connectivity index (χ2n) is 4.35. The van der Waals surface area contributed by atoms with Crippen LogP contribution in [0.2, 0.25) is 0 Å². The van der Waals surface area contributed by atoms with Crippen molar-refractivity contribution in [3.8, 4) is 6.07 Å². The number of unbranched alkanes of at least 4 members (excludes halogenated alkanes) is 1. The van der Waals surface area contributed by atoms with Crippen molar-refractivity contribution in [2.45, 2.75) is 46.5 Å². The van der Waals surface area contributed by atoms with Crippen LogP contribution < -0.4 is 5.32 Å². The highest BCUT2D eigenvalue weighted by atomic mass is 14.9. The molecule has 2 nitrogen and oxygen atoms in total. The lowest BCUT2D eigenvalue weighted by Gasteiger charge is -2.23. The highest BCUT2D eigenvalue weighted by Crippen LogP contribution is 2.20. The summed E-state index contributed by atoms with van der Waals surface area (Å²) < 4.78 is 0. The molecule has 0 rings (SSSR count). The van der Waals surface area contributed by atoms with Crippen LogP contribution in [0.25, 0.3) is 0 Å². The van der Waals surface area contributed by atoms with Gasteiger partial charge in [0.15, 0.2) is 0 Å². The summed E-state index contributed by atoms with van der Waals surface area (Å²) in [5.74, 6) is 0. The van der Waals surface area contributed by atoms with E-state index in [1.165, 1.54) is 12.8 Å². The predicted octanol–water partition coefficient (Wildman–Crippen LogP) is 2.71. The molecule has 0 heterocycles. The Morgan fingerprint density at radius 2 is 2.08 bits per heavy atom. The molecular weight excluding hydrogens is 160 g/mol. The van der Waals surface area contributed by atoms with Gasteiger partial charge in [-0.3, -0.25) is 0 Å². The van der Waals surface area contributed by atoms with E-state index in [4.69, 9.17) is 5.26 Å². The largest absolute Gasteiger partial charge is 0.316 e. The third-order valence-electron chi connectivity index (χ3n) is 2.22. The van der Waals surface area contributed by atoms with E-state index >= 15 is 0 Å². The van der Waals surface area contributed by atoms with E-state index in [-0.39, 0.29) is 5.41 Å². The van der Waals surface area contributed by atoms with Crippen LogP contribution >= 0.6 is 0 Å². The highest BCUT2D eigenvalue weighted by molar-refractivity contribution is 4.78. The van der Waals surface area contributed by atoms with Crippen molar-refractivity contribution >= 4 is 0 Å². The monoisotopic (exact) mass is 182 g/mol. The van der Waals surface area contributed by atoms with Crippen LogP contribution in [0.4, 0.5) is 0 Å². The van der Waals surface area contributed by atoms with Gasteiger partial charge in [0.05, 0.1) is 6.07 Å². The zero-order valence-corrected chi connectivity index (χ0v) is 9.19. The molecular formula is C11H22N2. The molecule has 0 aromatic heterocycles. The molecule has 0 atom stereocenters. The molecule has 2 heteroatoms. The molecule has 0 amide bonds. The van der Waals surface area contributed by atoms with Crippen LogP contribution in [-0.2, 0) is 0 Å². The Balaban J connectivity index is 3.45. The first-order chi connectivity index (χ1) is 6.12. The van der Waals surface area contributed by atoms with Crippen molar-refractivity contribution in [2.75, 3.05) is 13.1 Å². The van der Waals surface area contributed by atoms with Crippen molar-refractivity contribution < 1.29 is 0 Å². The quantitative estimate of drug-likeness (QED) is 0.614. The fourth-order valence-corrected chi connectivity index (χ4v) is 1.21. The van der Waals surface area contributed by atoms with Gasteiger partial charge in [-0.1, -0.05) is 27.2 Å². The molecule has 0 spiro atoms. The number of hydrogen-bond donors (Lipinski definition) is 1. The molecule has 0 fully saturated rings. The maximum Gasteiger partial charge on any atom is 0.0621 e. The third-order valence-corrected chi connectivity index (χ3v) is 2.22. The van der Waals surface area contributed by atoms with E-state index in [9.17, 15) is 0 Å². The lowest BCUT2D eigenvalue weighted by Crippen LogP contribution is -2.29. The first-order valence-electron chi connectivity index (χ1n) is 5.20. The van der Waals surface area contributed by atoms with Crippen LogP contribution in [-0.4, -0.2) is 13.1 Å². The summed E-state index contributed by atoms with van der Waals surface area (Å²) in [6.07, 6.45) is 4.14. The number of hydrogen-bond acceptors (Lipinski definition) is 2. The molecule has 13 heavy (non-hydrogen) atoms. The molecule has 0 bridgehead atoms. The van der Waals surface area contributed by atoms with Crippen LogP contribution in [0.1, 0.15) is 46.5 Å². The van der Waals surface area contributed by atoms with Crippen molar-refractivity contribution in [3.05, 3.63) is 0 Å². The van der Waals surface area contributed by atoms with Gasteiger partial charge >= 0.3 is 0 Å². The molecule has 0 aromatic carbocycles. The second kappa shape index (κ2) is 6.91. The Morgan fingerprint density at radius 3 is 2.62 bits per heavy atom. The van der Waals surface area contributed by atoms with Crippen LogP contribution in [0.3, 0.4) is 0 Å². The SMILES string of the molecule is CCCCNCC(C)(C)CCC#N. The van der Waals surface area contributed by atoms with Crippen molar-refractivity contribution in [2.24, 2.45) is 5.41 Å². The zero-order valence-electron chi connectivity index (χ0n) is 9.19. The summed E-state index contributed by atoms with van der Waals surface area (Å²) in [6, 6.07) is 2.20. The highest BCUT2D eigenvalue weighted by Gasteiger charge is 2.16. The Labute approximate surface area is 82.3 Å². The third kappa shape index (κ3) is 7.80. The average Bonchev–Trinajstić information content (AvgIpc) is 2.09. The summed E-state index contributed by atoms with van der Waals surface area (Å²) >= 11 is 0. The van der Waals surface area contributed by atoms with Gasteiger partial charge in [-0.05, 0) is 24.8 Å². The van der Waals surface area contributed by atoms with E-state index in [0.29, 0.717) is 6.42 Å². The van der Waals surface area contributed by atoms with E-state index in [0.717, 1.165) is 19.5 Å². The summed E-state index contributed by atoms with van der Waals surface area (Å²) in [7, 11) is 0. The second-order valence-corrected chi connectivity index (χ2v) is 4.35. The molecule has 1 N–H and O–H groups in total. The Morgan fingerprint density at radius 1 is 1.38 bits per heavy atom. The molecule has 0 radical (unpaired) electrons. The van der Waals surface area contributed by atoms with E-state index < -0.39 is 0 Å². The van der Waals surface area contributed by atoms with Gasteiger partial charge in [0.1, 0.15) is 0 Å². The molecule has 0 saturated carbocycles. The minimum absolute atomic E-state index is 0.267. The van der Waals surface area contributed by atoms with Crippen molar-refractivity contribution in [1.29, 1.82) is 5.26 Å². The van der Waals surface area contributed by atoms with Crippen molar-refractivity contribution in [3.63, 3.8) is 0 Å². The fraction of sp³-hybridized carbons (Fsp3) is 0.909. The topological polar surface area (TPSA) is 35.8 Å². The lowest BCUT2D eigenvalue weighted by atomic mass is 9.88. The van der Waals surface area contributed by atoms with Gasteiger partial charge in [0.2, 0.25) is 0 Å². The van der Waals surface area contributed by atoms with Gasteiger partial charge < -0.3 is 5.32 Å². The zero-order chi connectivity index (χ0) is 10.2. The first kappa shape index (κ1) is 12.4. The van der Waals surface area contributed by atoms with Gasteiger partial charge in [-0.15, -0.1) is 0 Å². The van der Waals surface area contributed by atoms with Gasteiger partial charge in [-0.2, -0.15) is 5.26 Å². The smallest absolute Gasteiger partial charge is 0.0621 e. The molecule has 0 aliphatic carbocycles. The Hall–Kier alpha value is -0.550. The van der Waals surface area contributed by atoms with Gasteiger partial charge in [0.25, 0.3) is 0 Å². The van der Waals surface area contributed by atoms with Crippen LogP contribution in [0.15, 0.2) is 0 Å². The fourth-order valence-electron chi connectivity index (χ4n) is 1.21. The number of nitriles is 1. The van der Waals surface area contributed by atoms with Crippen LogP contribution in [0.5, 0.6) is 0 Å². The van der Waals surface area contributed by atoms with Gasteiger partial charge in [0, 0.05) is 13.0 Å². The predicted molar refractivity (Wildman–Crippen MR) is 56.4 cm³/mol. The summed E-state index contributed by atoms with van der Waals surface area (Å²) in [6.45, 7) is 8.75. The number of nitrogens with zero attached hydrogens (tertiary/aromatic N) is 1. The molecule has 0 aliphatic heterocycles. The number of nitrogens with one attached hydrogen (secondary N) is 1. The summed E-state index contributed by atoms with van der Waals surface area (Å²) in [5.41, 5.74) is 0.267. The molecule has 0 aliphatic rings. The Bertz CT molecular complexity index is 156. The summed E-state index contributed by atoms with van der Waals surface area (Å²) in [4.78, 5) is 0. The maximum atomic E-state index is 8.47. The average molecular weight is 182 g/mol. The first-order valence-corrected chi connectivity index (χ1v) is 5.20.